The third-order valence-electron chi connectivity index (χ3n) is 4.47. The van der Waals surface area contributed by atoms with Crippen LogP contribution in [0.2, 0.25) is 0 Å². The predicted molar refractivity (Wildman–Crippen MR) is 97.1 cm³/mol. The molecule has 2 aromatic rings. The van der Waals surface area contributed by atoms with Crippen molar-refractivity contribution in [2.45, 2.75) is 26.3 Å². The number of amides is 1. The van der Waals surface area contributed by atoms with E-state index >= 15 is 0 Å². The lowest BCUT2D eigenvalue weighted by Gasteiger charge is -2.27. The molecule has 0 bridgehead atoms. The third-order valence-corrected chi connectivity index (χ3v) is 4.47. The topological polar surface area (TPSA) is 57.6 Å². The van der Waals surface area contributed by atoms with Gasteiger partial charge in [0.2, 0.25) is 0 Å². The van der Waals surface area contributed by atoms with Gasteiger partial charge < -0.3 is 5.11 Å². The Hall–Kier alpha value is -3.09. The average molecular weight is 389 g/mol. The Bertz CT molecular complexity index is 967. The smallest absolute Gasteiger partial charge is 0.294 e. The Morgan fingerprint density at radius 3 is 2.29 bits per heavy atom. The van der Waals surface area contributed by atoms with E-state index in [1.165, 1.54) is 18.2 Å². The van der Waals surface area contributed by atoms with Gasteiger partial charge in [-0.15, -0.1) is 0 Å². The van der Waals surface area contributed by atoms with Crippen molar-refractivity contribution < 1.29 is 27.9 Å². The molecular weight excluding hydrogens is 371 g/mol. The van der Waals surface area contributed by atoms with Crippen LogP contribution < -0.4 is 4.90 Å². The molecule has 1 aliphatic heterocycles. The van der Waals surface area contributed by atoms with Gasteiger partial charge in [-0.1, -0.05) is 26.0 Å². The normalized spacial score (nSPS) is 17.0. The van der Waals surface area contributed by atoms with E-state index in [4.69, 9.17) is 0 Å². The number of nitrogens with zero attached hydrogens (tertiary/aromatic N) is 1. The number of carbonyl (C=O) groups is 2. The van der Waals surface area contributed by atoms with Crippen LogP contribution in [0.25, 0.3) is 0 Å². The summed E-state index contributed by atoms with van der Waals surface area (Å²) in [5.74, 6) is -4.92. The van der Waals surface area contributed by atoms with E-state index in [1.807, 2.05) is 13.8 Å². The Morgan fingerprint density at radius 2 is 1.71 bits per heavy atom. The van der Waals surface area contributed by atoms with Crippen molar-refractivity contribution in [3.63, 3.8) is 0 Å². The zero-order valence-corrected chi connectivity index (χ0v) is 15.2. The summed E-state index contributed by atoms with van der Waals surface area (Å²) in [6.45, 7) is 3.62. The van der Waals surface area contributed by atoms with Gasteiger partial charge in [-0.2, -0.15) is 0 Å². The monoisotopic (exact) mass is 389 g/mol. The van der Waals surface area contributed by atoms with Crippen molar-refractivity contribution >= 4 is 17.4 Å². The molecule has 1 amide bonds. The zero-order chi connectivity index (χ0) is 20.6. The Kier molecular flexibility index (Phi) is 5.27. The molecule has 0 radical (unpaired) electrons. The summed E-state index contributed by atoms with van der Waals surface area (Å²) < 4.78 is 40.5. The number of hydrogen-bond donors (Lipinski definition) is 1. The third kappa shape index (κ3) is 3.52. The lowest BCUT2D eigenvalue weighted by atomic mass is 9.92. The van der Waals surface area contributed by atoms with Crippen LogP contribution in [0.4, 0.5) is 18.9 Å². The summed E-state index contributed by atoms with van der Waals surface area (Å²) >= 11 is 0. The van der Waals surface area contributed by atoms with Gasteiger partial charge in [-0.25, -0.2) is 13.2 Å². The van der Waals surface area contributed by atoms with Gasteiger partial charge >= 0.3 is 0 Å². The first-order valence-electron chi connectivity index (χ1n) is 8.71. The molecule has 1 heterocycles. The summed E-state index contributed by atoms with van der Waals surface area (Å²) in [6, 6.07) is 6.83. The fourth-order valence-electron chi connectivity index (χ4n) is 3.23. The fraction of sp³-hybridized carbons (Fsp3) is 0.238. The highest BCUT2D eigenvalue weighted by molar-refractivity contribution is 6.16. The number of halogens is 3. The molecule has 4 nitrogen and oxygen atoms in total. The van der Waals surface area contributed by atoms with Crippen LogP contribution >= 0.6 is 0 Å². The minimum Gasteiger partial charge on any atom is -0.503 e. The highest BCUT2D eigenvalue weighted by Crippen LogP contribution is 2.41. The van der Waals surface area contributed by atoms with Gasteiger partial charge in [0.05, 0.1) is 11.6 Å². The van der Waals surface area contributed by atoms with Crippen molar-refractivity contribution in [2.24, 2.45) is 5.92 Å². The van der Waals surface area contributed by atoms with Crippen molar-refractivity contribution in [3.05, 3.63) is 76.8 Å². The molecule has 7 heteroatoms. The molecule has 28 heavy (non-hydrogen) atoms. The number of carbonyl (C=O) groups excluding carboxylic acids is 2. The Morgan fingerprint density at radius 1 is 1.07 bits per heavy atom. The number of hydrogen-bond acceptors (Lipinski definition) is 3. The molecule has 0 spiro atoms. The van der Waals surface area contributed by atoms with Crippen LogP contribution in [0, 0.1) is 23.4 Å². The molecule has 2 aromatic carbocycles. The SMILES string of the molecule is CC(C)CC(=O)C1=C(O)C(=O)N(c2ccc(F)c(F)c2)C1c1ccc(F)cc1. The van der Waals surface area contributed by atoms with E-state index in [1.54, 1.807) is 0 Å². The first-order valence-corrected chi connectivity index (χ1v) is 8.71. The standard InChI is InChI=1S/C21H18F3NO3/c1-11(2)9-17(26)18-19(12-3-5-13(22)6-4-12)25(21(28)20(18)27)14-7-8-15(23)16(24)10-14/h3-8,10-11,19,27H,9H2,1-2H3. The zero-order valence-electron chi connectivity index (χ0n) is 15.2. The van der Waals surface area contributed by atoms with Gasteiger partial charge in [0.25, 0.3) is 5.91 Å². The minimum absolute atomic E-state index is 0.0304. The molecule has 1 unspecified atom stereocenters. The van der Waals surface area contributed by atoms with Gasteiger partial charge in [-0.05, 0) is 35.7 Å². The van der Waals surface area contributed by atoms with E-state index in [9.17, 15) is 27.9 Å². The molecule has 0 fully saturated rings. The second-order valence-corrected chi connectivity index (χ2v) is 7.01. The molecule has 0 saturated carbocycles. The Balaban J connectivity index is 2.16. The first-order chi connectivity index (χ1) is 13.2. The minimum atomic E-state index is -1.18. The molecule has 3 rings (SSSR count). The quantitative estimate of drug-likeness (QED) is 0.812. The summed E-state index contributed by atoms with van der Waals surface area (Å²) in [6.07, 6.45) is 0.0794. The van der Waals surface area contributed by atoms with Gasteiger partial charge in [0.15, 0.2) is 23.2 Å². The lowest BCUT2D eigenvalue weighted by molar-refractivity contribution is -0.118. The van der Waals surface area contributed by atoms with Gasteiger partial charge in [0, 0.05) is 18.2 Å². The second kappa shape index (κ2) is 7.50. The second-order valence-electron chi connectivity index (χ2n) is 7.01. The summed E-state index contributed by atoms with van der Waals surface area (Å²) in [4.78, 5) is 26.5. The van der Waals surface area contributed by atoms with E-state index < -0.39 is 40.9 Å². The maximum Gasteiger partial charge on any atom is 0.294 e. The number of aliphatic hydroxyl groups is 1. The summed E-state index contributed by atoms with van der Waals surface area (Å²) in [5.41, 5.74) is 0.183. The predicted octanol–water partition coefficient (Wildman–Crippen LogP) is 4.62. The number of ketones is 1. The van der Waals surface area contributed by atoms with Crippen LogP contribution in [0.3, 0.4) is 0 Å². The average Bonchev–Trinajstić information content (AvgIpc) is 2.89. The highest BCUT2D eigenvalue weighted by atomic mass is 19.2. The molecule has 146 valence electrons. The molecular formula is C21H18F3NO3. The van der Waals surface area contributed by atoms with Crippen LogP contribution in [-0.2, 0) is 9.59 Å². The summed E-state index contributed by atoms with van der Waals surface area (Å²) in [7, 11) is 0. The van der Waals surface area contributed by atoms with Crippen LogP contribution in [0.5, 0.6) is 0 Å². The molecule has 1 N–H and O–H groups in total. The summed E-state index contributed by atoms with van der Waals surface area (Å²) in [5, 5.41) is 10.4. The van der Waals surface area contributed by atoms with E-state index in [0.29, 0.717) is 5.56 Å². The van der Waals surface area contributed by atoms with E-state index in [-0.39, 0.29) is 23.6 Å². The van der Waals surface area contributed by atoms with Gasteiger partial charge in [0.1, 0.15) is 5.82 Å². The number of Topliss-reactive ketones (excluding diaryl/α,β-unsaturated/α-hetero) is 1. The molecule has 1 aliphatic rings. The fourth-order valence-corrected chi connectivity index (χ4v) is 3.23. The molecule has 0 saturated heterocycles. The maximum absolute atomic E-state index is 13.8. The van der Waals surface area contributed by atoms with Crippen LogP contribution in [0.15, 0.2) is 53.8 Å². The van der Waals surface area contributed by atoms with Crippen molar-refractivity contribution in [3.8, 4) is 0 Å². The van der Waals surface area contributed by atoms with Gasteiger partial charge in [-0.3, -0.25) is 14.5 Å². The largest absolute Gasteiger partial charge is 0.503 e. The number of benzene rings is 2. The Labute approximate surface area is 159 Å². The molecule has 0 aliphatic carbocycles. The highest BCUT2D eigenvalue weighted by Gasteiger charge is 2.44. The van der Waals surface area contributed by atoms with Crippen LogP contribution in [-0.4, -0.2) is 16.8 Å². The number of rotatable bonds is 5. The van der Waals surface area contributed by atoms with Crippen LogP contribution in [0.1, 0.15) is 31.9 Å². The molecule has 0 aromatic heterocycles. The van der Waals surface area contributed by atoms with E-state index in [0.717, 1.165) is 29.2 Å². The first kappa shape index (κ1) is 19.7. The van der Waals surface area contributed by atoms with Crippen molar-refractivity contribution in [1.82, 2.24) is 0 Å². The number of aliphatic hydroxyl groups excluding tert-OH is 1. The number of anilines is 1. The van der Waals surface area contributed by atoms with E-state index in [2.05, 4.69) is 0 Å². The molecule has 1 atom stereocenters. The lowest BCUT2D eigenvalue weighted by Crippen LogP contribution is -2.31. The van der Waals surface area contributed by atoms with Crippen molar-refractivity contribution in [2.75, 3.05) is 4.90 Å². The van der Waals surface area contributed by atoms with Crippen molar-refractivity contribution in [1.29, 1.82) is 0 Å². The maximum atomic E-state index is 13.8.